The molecule has 0 fully saturated rings. The molecule has 2 heteroatoms. The zero-order valence-electron chi connectivity index (χ0n) is 7.42. The van der Waals surface area contributed by atoms with Crippen LogP contribution in [0.3, 0.4) is 0 Å². The van der Waals surface area contributed by atoms with E-state index in [0.29, 0.717) is 6.54 Å². The Hall–Kier alpha value is -1.31. The van der Waals surface area contributed by atoms with Gasteiger partial charge in [-0.05, 0) is 25.5 Å². The lowest BCUT2D eigenvalue weighted by atomic mass is 10.1. The predicted molar refractivity (Wildman–Crippen MR) is 55.9 cm³/mol. The third-order valence-electron chi connectivity index (χ3n) is 1.73. The van der Waals surface area contributed by atoms with E-state index in [0.717, 1.165) is 11.1 Å². The number of amides is 1. The van der Waals surface area contributed by atoms with Gasteiger partial charge >= 0.3 is 0 Å². The minimum Gasteiger partial charge on any atom is -0.352 e. The summed E-state index contributed by atoms with van der Waals surface area (Å²) in [6.45, 7) is 4.52. The predicted octanol–water partition coefficient (Wildman–Crippen LogP) is 2.38. The molecule has 0 heterocycles. The number of nitrogens with one attached hydrogen (secondary N) is 1. The molecule has 0 radical (unpaired) electrons. The van der Waals surface area contributed by atoms with Gasteiger partial charge in [0.1, 0.15) is 0 Å². The van der Waals surface area contributed by atoms with Crippen molar-refractivity contribution in [3.05, 3.63) is 35.4 Å². The van der Waals surface area contributed by atoms with E-state index >= 15 is 0 Å². The van der Waals surface area contributed by atoms with Gasteiger partial charge in [0.2, 0.25) is 0 Å². The smallest absolute Gasteiger partial charge is 0.251 e. The summed E-state index contributed by atoms with van der Waals surface area (Å²) in [6, 6.07) is 7.57. The fraction of sp³-hybridized carbons (Fsp3) is 0.364. The molecule has 0 unspecified atom stereocenters. The maximum Gasteiger partial charge on any atom is 0.251 e. The summed E-state index contributed by atoms with van der Waals surface area (Å²) in [5, 5.41) is 2.76. The Balaban J connectivity index is 0.00000144. The molecule has 0 bridgehead atoms. The first kappa shape index (κ1) is 11.7. The molecule has 0 aliphatic heterocycles. The molecule has 1 rings (SSSR count). The van der Waals surface area contributed by atoms with Crippen molar-refractivity contribution in [3.8, 4) is 0 Å². The SMILES string of the molecule is C.CCNC(=O)c1ccccc1C. The number of rotatable bonds is 2. The monoisotopic (exact) mass is 179 g/mol. The molecular weight excluding hydrogens is 162 g/mol. The average molecular weight is 179 g/mol. The summed E-state index contributed by atoms with van der Waals surface area (Å²) >= 11 is 0. The van der Waals surface area contributed by atoms with Gasteiger partial charge in [0.25, 0.3) is 5.91 Å². The summed E-state index contributed by atoms with van der Waals surface area (Å²) in [7, 11) is 0. The number of carbonyl (C=O) groups excluding carboxylic acids is 1. The van der Waals surface area contributed by atoms with E-state index in [4.69, 9.17) is 0 Å². The van der Waals surface area contributed by atoms with Crippen molar-refractivity contribution in [2.24, 2.45) is 0 Å². The molecule has 0 saturated heterocycles. The molecule has 0 spiro atoms. The number of hydrogen-bond acceptors (Lipinski definition) is 1. The van der Waals surface area contributed by atoms with Crippen LogP contribution < -0.4 is 5.32 Å². The van der Waals surface area contributed by atoms with Crippen LogP contribution >= 0.6 is 0 Å². The molecule has 1 amide bonds. The maximum absolute atomic E-state index is 11.4. The summed E-state index contributed by atoms with van der Waals surface area (Å²) in [6.07, 6.45) is 0. The molecule has 0 aliphatic carbocycles. The molecule has 72 valence electrons. The molecule has 1 N–H and O–H groups in total. The van der Waals surface area contributed by atoms with Crippen LogP contribution in [0.5, 0.6) is 0 Å². The third kappa shape index (κ3) is 2.90. The van der Waals surface area contributed by atoms with Crippen molar-refractivity contribution in [1.82, 2.24) is 5.32 Å². The first-order valence-corrected chi connectivity index (χ1v) is 4.09. The molecule has 2 nitrogen and oxygen atoms in total. The highest BCUT2D eigenvalue weighted by Gasteiger charge is 2.04. The average Bonchev–Trinajstić information content (AvgIpc) is 2.05. The van der Waals surface area contributed by atoms with Gasteiger partial charge in [-0.25, -0.2) is 0 Å². The number of hydrogen-bond donors (Lipinski definition) is 1. The Kier molecular flexibility index (Phi) is 4.82. The van der Waals surface area contributed by atoms with Crippen LogP contribution in [0.25, 0.3) is 0 Å². The number of carbonyl (C=O) groups is 1. The van der Waals surface area contributed by atoms with Gasteiger partial charge in [0, 0.05) is 12.1 Å². The Morgan fingerprint density at radius 1 is 1.38 bits per heavy atom. The van der Waals surface area contributed by atoms with E-state index in [1.807, 2.05) is 38.1 Å². The molecule has 1 aromatic carbocycles. The summed E-state index contributed by atoms with van der Waals surface area (Å²) in [5.41, 5.74) is 1.78. The van der Waals surface area contributed by atoms with Crippen molar-refractivity contribution in [2.75, 3.05) is 6.54 Å². The van der Waals surface area contributed by atoms with Crippen molar-refractivity contribution < 1.29 is 4.79 Å². The van der Waals surface area contributed by atoms with Gasteiger partial charge in [0.15, 0.2) is 0 Å². The summed E-state index contributed by atoms with van der Waals surface area (Å²) in [5.74, 6) is 0.00981. The Morgan fingerprint density at radius 2 is 2.00 bits per heavy atom. The lowest BCUT2D eigenvalue weighted by Crippen LogP contribution is -2.23. The Morgan fingerprint density at radius 3 is 2.54 bits per heavy atom. The van der Waals surface area contributed by atoms with Crippen LogP contribution in [-0.2, 0) is 0 Å². The van der Waals surface area contributed by atoms with E-state index in [1.54, 1.807) is 0 Å². The molecule has 0 aromatic heterocycles. The van der Waals surface area contributed by atoms with E-state index in [1.165, 1.54) is 0 Å². The standard InChI is InChI=1S/C10H13NO.CH4/c1-3-11-10(12)9-7-5-4-6-8(9)2;/h4-7H,3H2,1-2H3,(H,11,12);1H4. The van der Waals surface area contributed by atoms with Crippen LogP contribution in [0.2, 0.25) is 0 Å². The van der Waals surface area contributed by atoms with Gasteiger partial charge in [-0.2, -0.15) is 0 Å². The lowest BCUT2D eigenvalue weighted by molar-refractivity contribution is 0.0955. The largest absolute Gasteiger partial charge is 0.352 e. The first-order valence-electron chi connectivity index (χ1n) is 4.09. The van der Waals surface area contributed by atoms with E-state index in [-0.39, 0.29) is 13.3 Å². The van der Waals surface area contributed by atoms with Gasteiger partial charge in [-0.1, -0.05) is 25.6 Å². The van der Waals surface area contributed by atoms with Gasteiger partial charge < -0.3 is 5.32 Å². The first-order chi connectivity index (χ1) is 5.75. The molecule has 0 atom stereocenters. The molecule has 0 aliphatic rings. The van der Waals surface area contributed by atoms with Crippen LogP contribution in [0.4, 0.5) is 0 Å². The topological polar surface area (TPSA) is 29.1 Å². The zero-order chi connectivity index (χ0) is 8.97. The maximum atomic E-state index is 11.4. The minimum absolute atomic E-state index is 0. The quantitative estimate of drug-likeness (QED) is 0.742. The molecule has 1 aromatic rings. The second-order valence-corrected chi connectivity index (χ2v) is 2.67. The van der Waals surface area contributed by atoms with Crippen LogP contribution in [0.15, 0.2) is 24.3 Å². The van der Waals surface area contributed by atoms with Gasteiger partial charge in [-0.3, -0.25) is 4.79 Å². The van der Waals surface area contributed by atoms with Crippen LogP contribution in [0.1, 0.15) is 30.3 Å². The van der Waals surface area contributed by atoms with Crippen molar-refractivity contribution in [1.29, 1.82) is 0 Å². The molecule has 13 heavy (non-hydrogen) atoms. The second-order valence-electron chi connectivity index (χ2n) is 2.67. The van der Waals surface area contributed by atoms with Gasteiger partial charge in [-0.15, -0.1) is 0 Å². The van der Waals surface area contributed by atoms with E-state index in [9.17, 15) is 4.79 Å². The summed E-state index contributed by atoms with van der Waals surface area (Å²) < 4.78 is 0. The highest BCUT2D eigenvalue weighted by atomic mass is 16.1. The summed E-state index contributed by atoms with van der Waals surface area (Å²) in [4.78, 5) is 11.4. The van der Waals surface area contributed by atoms with Crippen LogP contribution in [0, 0.1) is 6.92 Å². The van der Waals surface area contributed by atoms with Crippen molar-refractivity contribution in [2.45, 2.75) is 21.3 Å². The second kappa shape index (κ2) is 5.36. The molecular formula is C11H17NO. The highest BCUT2D eigenvalue weighted by molar-refractivity contribution is 5.95. The fourth-order valence-corrected chi connectivity index (χ4v) is 1.08. The number of benzene rings is 1. The normalized spacial score (nSPS) is 8.77. The third-order valence-corrected chi connectivity index (χ3v) is 1.73. The highest BCUT2D eigenvalue weighted by Crippen LogP contribution is 2.05. The molecule has 0 saturated carbocycles. The lowest BCUT2D eigenvalue weighted by Gasteiger charge is -2.04. The van der Waals surface area contributed by atoms with E-state index in [2.05, 4.69) is 5.32 Å². The van der Waals surface area contributed by atoms with E-state index < -0.39 is 0 Å². The van der Waals surface area contributed by atoms with Crippen molar-refractivity contribution >= 4 is 5.91 Å². The Bertz CT molecular complexity index is 281. The van der Waals surface area contributed by atoms with Crippen LogP contribution in [-0.4, -0.2) is 12.5 Å². The van der Waals surface area contributed by atoms with Crippen molar-refractivity contribution in [3.63, 3.8) is 0 Å². The van der Waals surface area contributed by atoms with Gasteiger partial charge in [0.05, 0.1) is 0 Å². The zero-order valence-corrected chi connectivity index (χ0v) is 7.42. The fourth-order valence-electron chi connectivity index (χ4n) is 1.08. The number of aryl methyl sites for hydroxylation is 1. The Labute approximate surface area is 80.0 Å². The minimum atomic E-state index is 0.